The van der Waals surface area contributed by atoms with Crippen molar-refractivity contribution in [1.82, 2.24) is 15.2 Å². The third kappa shape index (κ3) is 4.31. The number of hydrogen-bond acceptors (Lipinski definition) is 3. The number of aromatic nitrogens is 1. The van der Waals surface area contributed by atoms with Gasteiger partial charge in [0.05, 0.1) is 20.3 Å². The second-order valence-electron chi connectivity index (χ2n) is 8.46. The van der Waals surface area contributed by atoms with E-state index in [4.69, 9.17) is 9.47 Å². The smallest absolute Gasteiger partial charge is 0.318 e. The first kappa shape index (κ1) is 21.8. The van der Waals surface area contributed by atoms with E-state index in [0.29, 0.717) is 24.6 Å². The van der Waals surface area contributed by atoms with E-state index in [1.165, 1.54) is 16.5 Å². The van der Waals surface area contributed by atoms with Gasteiger partial charge in [-0.15, -0.1) is 0 Å². The number of benzene rings is 2. The molecule has 1 aliphatic rings. The van der Waals surface area contributed by atoms with Crippen molar-refractivity contribution >= 4 is 22.5 Å². The Kier molecular flexibility index (Phi) is 6.40. The van der Waals surface area contributed by atoms with Crippen molar-refractivity contribution in [2.45, 2.75) is 26.3 Å². The lowest BCUT2D eigenvalue weighted by atomic mass is 9.95. The summed E-state index contributed by atoms with van der Waals surface area (Å²) >= 11 is 0. The van der Waals surface area contributed by atoms with Crippen LogP contribution in [0.25, 0.3) is 16.5 Å². The van der Waals surface area contributed by atoms with Crippen LogP contribution in [-0.2, 0) is 0 Å². The number of carbonyl (C=O) groups is 1. The van der Waals surface area contributed by atoms with E-state index < -0.39 is 0 Å². The monoisotopic (exact) mass is 433 g/mol. The Morgan fingerprint density at radius 1 is 1.09 bits per heavy atom. The molecule has 3 aromatic rings. The normalized spacial score (nSPS) is 14.9. The van der Waals surface area contributed by atoms with Crippen molar-refractivity contribution in [2.75, 3.05) is 27.3 Å². The van der Waals surface area contributed by atoms with Crippen LogP contribution in [0.3, 0.4) is 0 Å². The average Bonchev–Trinajstić information content (AvgIpc) is 3.26. The predicted molar refractivity (Wildman–Crippen MR) is 128 cm³/mol. The number of para-hydroxylation sites is 1. The molecule has 6 nitrogen and oxygen atoms in total. The van der Waals surface area contributed by atoms with Crippen molar-refractivity contribution in [3.63, 3.8) is 0 Å². The number of methoxy groups -OCH3 is 2. The number of aromatic amines is 1. The minimum absolute atomic E-state index is 0.0484. The first-order valence-electron chi connectivity index (χ1n) is 11.0. The van der Waals surface area contributed by atoms with E-state index in [0.717, 1.165) is 17.5 Å². The van der Waals surface area contributed by atoms with Gasteiger partial charge in [0, 0.05) is 35.8 Å². The van der Waals surface area contributed by atoms with E-state index in [1.54, 1.807) is 14.2 Å². The van der Waals surface area contributed by atoms with Gasteiger partial charge in [-0.05, 0) is 41.7 Å². The van der Waals surface area contributed by atoms with Gasteiger partial charge >= 0.3 is 6.03 Å². The molecule has 4 rings (SSSR count). The first-order valence-corrected chi connectivity index (χ1v) is 11.0. The number of fused-ring (bicyclic) bond motifs is 1. The maximum atomic E-state index is 13.1. The molecular formula is C26H31N3O3. The van der Waals surface area contributed by atoms with Crippen LogP contribution < -0.4 is 14.8 Å². The summed E-state index contributed by atoms with van der Waals surface area (Å²) in [7, 11) is 3.24. The van der Waals surface area contributed by atoms with Crippen molar-refractivity contribution in [3.8, 4) is 11.5 Å². The molecule has 0 saturated heterocycles. The molecule has 0 bridgehead atoms. The van der Waals surface area contributed by atoms with Crippen LogP contribution in [0, 0.1) is 5.92 Å². The van der Waals surface area contributed by atoms with Crippen LogP contribution in [0.1, 0.15) is 37.4 Å². The zero-order chi connectivity index (χ0) is 22.7. The largest absolute Gasteiger partial charge is 0.493 e. The summed E-state index contributed by atoms with van der Waals surface area (Å²) in [5.74, 6) is 1.56. The summed E-state index contributed by atoms with van der Waals surface area (Å²) < 4.78 is 10.8. The number of amides is 2. The Bertz CT molecular complexity index is 1130. The molecule has 2 amide bonds. The van der Waals surface area contributed by atoms with Gasteiger partial charge in [0.2, 0.25) is 0 Å². The summed E-state index contributed by atoms with van der Waals surface area (Å²) in [6.07, 6.45) is 5.07. The Labute approximate surface area is 189 Å². The van der Waals surface area contributed by atoms with Gasteiger partial charge in [0.1, 0.15) is 0 Å². The number of carbonyl (C=O) groups excluding carboxylic acids is 1. The molecule has 1 atom stereocenters. The quantitative estimate of drug-likeness (QED) is 0.548. The molecule has 0 spiro atoms. The molecule has 0 aliphatic carbocycles. The minimum Gasteiger partial charge on any atom is -0.493 e. The number of nitrogens with zero attached hydrogens (tertiary/aromatic N) is 1. The molecule has 168 valence electrons. The van der Waals surface area contributed by atoms with Gasteiger partial charge in [0.25, 0.3) is 0 Å². The predicted octanol–water partition coefficient (Wildman–Crippen LogP) is 5.38. The van der Waals surface area contributed by atoms with Crippen molar-refractivity contribution in [1.29, 1.82) is 0 Å². The number of H-pyrrole nitrogens is 1. The Hall–Kier alpha value is -3.41. The number of ether oxygens (including phenoxy) is 2. The van der Waals surface area contributed by atoms with Gasteiger partial charge in [-0.1, -0.05) is 44.2 Å². The zero-order valence-electron chi connectivity index (χ0n) is 19.1. The molecule has 0 radical (unpaired) electrons. The highest BCUT2D eigenvalue weighted by molar-refractivity contribution is 5.93. The molecule has 1 aliphatic heterocycles. The van der Waals surface area contributed by atoms with Crippen LogP contribution in [-0.4, -0.2) is 43.2 Å². The van der Waals surface area contributed by atoms with Gasteiger partial charge in [0.15, 0.2) is 11.5 Å². The maximum absolute atomic E-state index is 13.1. The SMILES string of the molecule is COc1ccc(C(NC(=O)N2CC=C(c3c[nH]c4ccccc34)CC2)C(C)C)cc1OC. The molecule has 32 heavy (non-hydrogen) atoms. The second-order valence-corrected chi connectivity index (χ2v) is 8.46. The van der Waals surface area contributed by atoms with E-state index in [9.17, 15) is 4.79 Å². The molecule has 2 N–H and O–H groups in total. The standard InChI is InChI=1S/C26H31N3O3/c1-17(2)25(19-9-10-23(31-3)24(15-19)32-4)28-26(30)29-13-11-18(12-14-29)21-16-27-22-8-6-5-7-20(21)22/h5-11,15-17,25,27H,12-14H2,1-4H3,(H,28,30). The van der Waals surface area contributed by atoms with Gasteiger partial charge in [-0.3, -0.25) is 0 Å². The summed E-state index contributed by atoms with van der Waals surface area (Å²) in [4.78, 5) is 18.3. The number of urea groups is 1. The van der Waals surface area contributed by atoms with E-state index >= 15 is 0 Å². The lowest BCUT2D eigenvalue weighted by Crippen LogP contribution is -2.44. The Balaban J connectivity index is 1.47. The topological polar surface area (TPSA) is 66.6 Å². The number of rotatable bonds is 6. The first-order chi connectivity index (χ1) is 15.5. The highest BCUT2D eigenvalue weighted by atomic mass is 16.5. The van der Waals surface area contributed by atoms with Crippen molar-refractivity contribution < 1.29 is 14.3 Å². The fraction of sp³-hybridized carbons (Fsp3) is 0.346. The third-order valence-electron chi connectivity index (χ3n) is 6.14. The lowest BCUT2D eigenvalue weighted by Gasteiger charge is -2.31. The Morgan fingerprint density at radius 3 is 2.56 bits per heavy atom. The van der Waals surface area contributed by atoms with Gasteiger partial charge < -0.3 is 24.7 Å². The van der Waals surface area contributed by atoms with Crippen molar-refractivity contribution in [2.24, 2.45) is 5.92 Å². The summed E-state index contributed by atoms with van der Waals surface area (Å²) in [6, 6.07) is 13.9. The molecule has 1 aromatic heterocycles. The second kappa shape index (κ2) is 9.39. The third-order valence-corrected chi connectivity index (χ3v) is 6.14. The fourth-order valence-corrected chi connectivity index (χ4v) is 4.34. The number of hydrogen-bond donors (Lipinski definition) is 2. The molecule has 1 unspecified atom stereocenters. The van der Waals surface area contributed by atoms with Crippen LogP contribution >= 0.6 is 0 Å². The molecule has 0 fully saturated rings. The summed E-state index contributed by atoms with van der Waals surface area (Å²) in [6.45, 7) is 5.49. The van der Waals surface area contributed by atoms with Crippen LogP contribution in [0.4, 0.5) is 4.79 Å². The summed E-state index contributed by atoms with van der Waals surface area (Å²) in [5, 5.41) is 4.45. The van der Waals surface area contributed by atoms with Gasteiger partial charge in [-0.2, -0.15) is 0 Å². The van der Waals surface area contributed by atoms with Gasteiger partial charge in [-0.25, -0.2) is 4.79 Å². The lowest BCUT2D eigenvalue weighted by molar-refractivity contribution is 0.195. The Morgan fingerprint density at radius 2 is 1.88 bits per heavy atom. The number of nitrogens with one attached hydrogen (secondary N) is 2. The molecule has 2 heterocycles. The van der Waals surface area contributed by atoms with Crippen LogP contribution in [0.2, 0.25) is 0 Å². The molecule has 6 heteroatoms. The van der Waals surface area contributed by atoms with Crippen molar-refractivity contribution in [3.05, 3.63) is 65.9 Å². The molecule has 2 aromatic carbocycles. The highest BCUT2D eigenvalue weighted by Crippen LogP contribution is 2.33. The average molecular weight is 434 g/mol. The van der Waals surface area contributed by atoms with Crippen LogP contribution in [0.15, 0.2) is 54.7 Å². The maximum Gasteiger partial charge on any atom is 0.318 e. The van der Waals surface area contributed by atoms with E-state index in [-0.39, 0.29) is 18.0 Å². The molecular weight excluding hydrogens is 402 g/mol. The molecule has 0 saturated carbocycles. The highest BCUT2D eigenvalue weighted by Gasteiger charge is 2.25. The zero-order valence-corrected chi connectivity index (χ0v) is 19.1. The minimum atomic E-state index is -0.124. The van der Waals surface area contributed by atoms with E-state index in [2.05, 4.69) is 54.6 Å². The fourth-order valence-electron chi connectivity index (χ4n) is 4.34. The van der Waals surface area contributed by atoms with Crippen LogP contribution in [0.5, 0.6) is 11.5 Å². The van der Waals surface area contributed by atoms with E-state index in [1.807, 2.05) is 29.2 Å². The summed E-state index contributed by atoms with van der Waals surface area (Å²) in [5.41, 5.74) is 4.65.